The Bertz CT molecular complexity index is 96.7. The maximum atomic E-state index is 10.5. The Hall–Kier alpha value is -0.240. The minimum absolute atomic E-state index is 0.0856. The Balaban J connectivity index is 3.33. The Morgan fingerprint density at radius 3 is 2.88 bits per heavy atom. The van der Waals surface area contributed by atoms with Gasteiger partial charge in [-0.25, -0.2) is 0 Å². The molecule has 0 N–H and O–H groups in total. The molecule has 0 aliphatic rings. The molecule has 0 aromatic carbocycles. The SMILES string of the molecule is [CH2]CSC(=O)C=CC. The van der Waals surface area contributed by atoms with E-state index in [4.69, 9.17) is 0 Å². The van der Waals surface area contributed by atoms with Crippen LogP contribution in [0.2, 0.25) is 0 Å². The first-order valence-electron chi connectivity index (χ1n) is 2.40. The van der Waals surface area contributed by atoms with Crippen molar-refractivity contribution in [3.05, 3.63) is 19.1 Å². The van der Waals surface area contributed by atoms with Crippen LogP contribution < -0.4 is 0 Å². The molecule has 0 amide bonds. The van der Waals surface area contributed by atoms with Crippen LogP contribution in [0.4, 0.5) is 0 Å². The summed E-state index contributed by atoms with van der Waals surface area (Å²) in [4.78, 5) is 10.5. The van der Waals surface area contributed by atoms with E-state index >= 15 is 0 Å². The van der Waals surface area contributed by atoms with Crippen LogP contribution in [-0.4, -0.2) is 10.9 Å². The first kappa shape index (κ1) is 7.76. The number of hydrogen-bond donors (Lipinski definition) is 0. The average Bonchev–Trinajstić information content (AvgIpc) is 1.68. The topological polar surface area (TPSA) is 17.1 Å². The molecule has 0 aromatic heterocycles. The van der Waals surface area contributed by atoms with Crippen molar-refractivity contribution in [2.45, 2.75) is 6.92 Å². The van der Waals surface area contributed by atoms with E-state index in [-0.39, 0.29) is 5.12 Å². The van der Waals surface area contributed by atoms with Crippen molar-refractivity contribution in [1.82, 2.24) is 0 Å². The van der Waals surface area contributed by atoms with Crippen molar-refractivity contribution in [2.75, 3.05) is 5.75 Å². The summed E-state index contributed by atoms with van der Waals surface area (Å²) >= 11 is 1.22. The third-order valence-electron chi connectivity index (χ3n) is 0.547. The average molecular weight is 129 g/mol. The molecule has 1 nitrogen and oxygen atoms in total. The van der Waals surface area contributed by atoms with Crippen LogP contribution in [0.5, 0.6) is 0 Å². The predicted molar refractivity (Wildman–Crippen MR) is 37.6 cm³/mol. The van der Waals surface area contributed by atoms with Gasteiger partial charge in [-0.05, 0) is 19.9 Å². The number of hydrogen-bond acceptors (Lipinski definition) is 2. The lowest BCUT2D eigenvalue weighted by Crippen LogP contribution is -1.82. The zero-order valence-corrected chi connectivity index (χ0v) is 5.70. The van der Waals surface area contributed by atoms with E-state index in [0.29, 0.717) is 5.75 Å². The highest BCUT2D eigenvalue weighted by atomic mass is 32.2. The number of allylic oxidation sites excluding steroid dienone is 1. The molecular formula is C6H9OS. The third kappa shape index (κ3) is 3.93. The quantitative estimate of drug-likeness (QED) is 0.527. The molecule has 0 aliphatic carbocycles. The van der Waals surface area contributed by atoms with Crippen molar-refractivity contribution >= 4 is 16.9 Å². The van der Waals surface area contributed by atoms with Crippen molar-refractivity contribution in [2.24, 2.45) is 0 Å². The summed E-state index contributed by atoms with van der Waals surface area (Å²) in [6, 6.07) is 0. The van der Waals surface area contributed by atoms with Gasteiger partial charge in [0.15, 0.2) is 0 Å². The summed E-state index contributed by atoms with van der Waals surface area (Å²) in [5.41, 5.74) is 0. The van der Waals surface area contributed by atoms with Crippen LogP contribution in [0.15, 0.2) is 12.2 Å². The molecule has 0 unspecified atom stereocenters. The minimum Gasteiger partial charge on any atom is -0.282 e. The smallest absolute Gasteiger partial charge is 0.211 e. The second kappa shape index (κ2) is 4.91. The molecule has 0 atom stereocenters. The highest BCUT2D eigenvalue weighted by molar-refractivity contribution is 8.14. The highest BCUT2D eigenvalue weighted by Crippen LogP contribution is 1.99. The number of rotatable bonds is 2. The first-order chi connectivity index (χ1) is 3.81. The van der Waals surface area contributed by atoms with Gasteiger partial charge in [0.1, 0.15) is 0 Å². The van der Waals surface area contributed by atoms with E-state index in [1.54, 1.807) is 6.08 Å². The Kier molecular flexibility index (Phi) is 4.76. The number of thioether (sulfide) groups is 1. The maximum Gasteiger partial charge on any atom is 0.211 e. The van der Waals surface area contributed by atoms with Crippen LogP contribution >= 0.6 is 11.8 Å². The van der Waals surface area contributed by atoms with E-state index in [2.05, 4.69) is 6.92 Å². The van der Waals surface area contributed by atoms with Crippen LogP contribution in [0.25, 0.3) is 0 Å². The van der Waals surface area contributed by atoms with Gasteiger partial charge in [0.2, 0.25) is 5.12 Å². The molecule has 2 heteroatoms. The standard InChI is InChI=1S/C6H9OS/c1-3-5-6(7)8-4-2/h3,5H,2,4H2,1H3. The number of carbonyl (C=O) groups excluding carboxylic acids is 1. The van der Waals surface area contributed by atoms with Crippen molar-refractivity contribution in [3.8, 4) is 0 Å². The van der Waals surface area contributed by atoms with E-state index < -0.39 is 0 Å². The predicted octanol–water partition coefficient (Wildman–Crippen LogP) is 1.66. The van der Waals surface area contributed by atoms with E-state index in [1.807, 2.05) is 6.92 Å². The van der Waals surface area contributed by atoms with E-state index in [0.717, 1.165) is 0 Å². The van der Waals surface area contributed by atoms with Gasteiger partial charge in [-0.1, -0.05) is 17.8 Å². The molecule has 0 aromatic rings. The van der Waals surface area contributed by atoms with Gasteiger partial charge in [-0.3, -0.25) is 4.79 Å². The Morgan fingerprint density at radius 2 is 2.50 bits per heavy atom. The highest BCUT2D eigenvalue weighted by Gasteiger charge is 1.89. The molecule has 45 valence electrons. The monoisotopic (exact) mass is 129 g/mol. The summed E-state index contributed by atoms with van der Waals surface area (Å²) in [6.07, 6.45) is 3.26. The summed E-state index contributed by atoms with van der Waals surface area (Å²) in [7, 11) is 0. The molecule has 0 saturated heterocycles. The molecule has 1 radical (unpaired) electrons. The van der Waals surface area contributed by atoms with Gasteiger partial charge in [0.25, 0.3) is 0 Å². The van der Waals surface area contributed by atoms with Gasteiger partial charge in [-0.15, -0.1) is 0 Å². The third-order valence-corrected chi connectivity index (χ3v) is 1.17. The van der Waals surface area contributed by atoms with Gasteiger partial charge < -0.3 is 0 Å². The largest absolute Gasteiger partial charge is 0.282 e. The molecule has 0 rings (SSSR count). The lowest BCUT2D eigenvalue weighted by Gasteiger charge is -1.84. The summed E-state index contributed by atoms with van der Waals surface area (Å²) < 4.78 is 0. The molecule has 0 fully saturated rings. The zero-order chi connectivity index (χ0) is 6.41. The van der Waals surface area contributed by atoms with Crippen molar-refractivity contribution in [3.63, 3.8) is 0 Å². The normalized spacial score (nSPS) is 10.2. The molecule has 0 heterocycles. The maximum absolute atomic E-state index is 10.5. The van der Waals surface area contributed by atoms with Gasteiger partial charge in [-0.2, -0.15) is 0 Å². The summed E-state index contributed by atoms with van der Waals surface area (Å²) in [5, 5.41) is 0.0856. The molecular weight excluding hydrogens is 120 g/mol. The van der Waals surface area contributed by atoms with Crippen LogP contribution in [-0.2, 0) is 4.79 Å². The lowest BCUT2D eigenvalue weighted by molar-refractivity contribution is -0.107. The number of carbonyl (C=O) groups is 1. The fourth-order valence-corrected chi connectivity index (χ4v) is 0.718. The second-order valence-electron chi connectivity index (χ2n) is 1.17. The molecule has 8 heavy (non-hydrogen) atoms. The molecule has 0 aliphatic heterocycles. The Morgan fingerprint density at radius 1 is 1.88 bits per heavy atom. The fraction of sp³-hybridized carbons (Fsp3) is 0.333. The van der Waals surface area contributed by atoms with E-state index in [9.17, 15) is 4.79 Å². The minimum atomic E-state index is 0.0856. The van der Waals surface area contributed by atoms with Crippen LogP contribution in [0.3, 0.4) is 0 Å². The van der Waals surface area contributed by atoms with Crippen molar-refractivity contribution < 1.29 is 4.79 Å². The van der Waals surface area contributed by atoms with Crippen LogP contribution in [0, 0.1) is 6.92 Å². The first-order valence-corrected chi connectivity index (χ1v) is 3.38. The van der Waals surface area contributed by atoms with Gasteiger partial charge >= 0.3 is 0 Å². The molecule has 0 spiro atoms. The Labute approximate surface area is 54.2 Å². The molecule has 0 saturated carbocycles. The van der Waals surface area contributed by atoms with Crippen LogP contribution in [0.1, 0.15) is 6.92 Å². The fourth-order valence-electron chi connectivity index (χ4n) is 0.285. The van der Waals surface area contributed by atoms with Crippen molar-refractivity contribution in [1.29, 1.82) is 0 Å². The summed E-state index contributed by atoms with van der Waals surface area (Å²) in [5.74, 6) is 0.614. The lowest BCUT2D eigenvalue weighted by atomic mass is 10.6. The van der Waals surface area contributed by atoms with E-state index in [1.165, 1.54) is 17.8 Å². The zero-order valence-electron chi connectivity index (χ0n) is 4.89. The second-order valence-corrected chi connectivity index (χ2v) is 2.27. The molecule has 0 bridgehead atoms. The van der Waals surface area contributed by atoms with Gasteiger partial charge in [0, 0.05) is 5.75 Å². The van der Waals surface area contributed by atoms with Gasteiger partial charge in [0.05, 0.1) is 0 Å². The summed E-state index contributed by atoms with van der Waals surface area (Å²) in [6.45, 7) is 5.34.